The maximum absolute atomic E-state index is 13.6. The number of carboxylic acid groups (broad SMARTS) is 2. The van der Waals surface area contributed by atoms with Gasteiger partial charge in [0.15, 0.2) is 0 Å². The summed E-state index contributed by atoms with van der Waals surface area (Å²) in [5, 5.41) is 25.0. The molecule has 0 bridgehead atoms. The van der Waals surface area contributed by atoms with Crippen LogP contribution in [0.25, 0.3) is 11.1 Å². The van der Waals surface area contributed by atoms with Gasteiger partial charge in [0.05, 0.1) is 38.8 Å². The molecule has 8 aromatic carbocycles. The molecule has 0 saturated carbocycles. The lowest BCUT2D eigenvalue weighted by atomic mass is 9.68. The highest BCUT2D eigenvalue weighted by atomic mass is 16.5. The number of benzene rings is 8. The molecule has 0 atom stereocenters. The first kappa shape index (κ1) is 45.8. The van der Waals surface area contributed by atoms with Crippen LogP contribution in [0.1, 0.15) is 95.5 Å². The van der Waals surface area contributed by atoms with E-state index in [-0.39, 0.29) is 44.9 Å². The van der Waals surface area contributed by atoms with Crippen LogP contribution in [0.4, 0.5) is 11.4 Å². The number of hydrogen-bond donors (Lipinski definition) is 4. The number of ether oxygens (including phenoxy) is 2. The molecule has 0 spiro atoms. The van der Waals surface area contributed by atoms with Crippen LogP contribution in [0, 0.1) is 24.7 Å². The van der Waals surface area contributed by atoms with E-state index in [1.165, 1.54) is 24.3 Å². The summed E-state index contributed by atoms with van der Waals surface area (Å²) in [6.45, 7) is 0. The van der Waals surface area contributed by atoms with Gasteiger partial charge in [0.25, 0.3) is 11.8 Å². The number of aromatic carboxylic acids is 2. The van der Waals surface area contributed by atoms with Crippen molar-refractivity contribution in [1.82, 2.24) is 0 Å². The Morgan fingerprint density at radius 3 is 1.21 bits per heavy atom. The number of anilines is 2. The highest BCUT2D eigenvalue weighted by molar-refractivity contribution is 6.13. The summed E-state index contributed by atoms with van der Waals surface area (Å²) in [4.78, 5) is 78.3. The first-order valence-electron chi connectivity index (χ1n) is 21.7. The molecule has 8 aromatic rings. The molecule has 4 N–H and O–H groups in total. The molecule has 0 unspecified atom stereocenters. The minimum absolute atomic E-state index is 0.0663. The number of hydrogen-bond acceptors (Lipinski definition) is 8. The van der Waals surface area contributed by atoms with Crippen LogP contribution in [0.5, 0.6) is 11.5 Å². The Kier molecular flexibility index (Phi) is 12.3. The summed E-state index contributed by atoms with van der Waals surface area (Å²) >= 11 is 0. The Bertz CT molecular complexity index is 3360. The Morgan fingerprint density at radius 2 is 0.831 bits per heavy atom. The minimum Gasteiger partial charge on any atom is -0.478 e. The van der Waals surface area contributed by atoms with Gasteiger partial charge in [-0.15, -0.1) is 12.8 Å². The van der Waals surface area contributed by atoms with Crippen molar-refractivity contribution < 1.29 is 48.5 Å². The van der Waals surface area contributed by atoms with Gasteiger partial charge in [-0.2, -0.15) is 0 Å². The first-order valence-corrected chi connectivity index (χ1v) is 21.7. The molecule has 342 valence electrons. The van der Waals surface area contributed by atoms with Gasteiger partial charge < -0.3 is 30.3 Å². The van der Waals surface area contributed by atoms with Crippen molar-refractivity contribution in [2.45, 2.75) is 5.41 Å². The van der Waals surface area contributed by atoms with E-state index < -0.39 is 41.1 Å². The second kappa shape index (κ2) is 19.1. The van der Waals surface area contributed by atoms with Crippen LogP contribution in [0.2, 0.25) is 0 Å². The fraction of sp³-hybridized carbons (Fsp3) is 0.0169. The quantitative estimate of drug-likeness (QED) is 0.0522. The summed E-state index contributed by atoms with van der Waals surface area (Å²) < 4.78 is 11.6. The molecule has 0 saturated heterocycles. The molecule has 1 aliphatic carbocycles. The van der Waals surface area contributed by atoms with Crippen LogP contribution >= 0.6 is 0 Å². The standard InChI is InChI=1S/C59H36N2O10/c1-3-35-11-9-13-41(31-35)60-53(62)49-33-37(19-29-47(49)55(64)65)57(68)70-43-25-21-39(22-26-43)59(51-17-7-5-15-45(51)46-16-6-8-18-52(46)59)40-23-27-44(28-24-40)71-58(69)38-20-30-48(56(66)67)50(34-38)54(63)61-42-14-10-12-36(4-2)32-42/h1-2,5-34H,(H,60,62)(H,61,63)(H,64,65)(H,66,67). The number of amides is 2. The molecule has 0 aromatic heterocycles. The fourth-order valence-corrected chi connectivity index (χ4v) is 8.76. The second-order valence-corrected chi connectivity index (χ2v) is 16.2. The van der Waals surface area contributed by atoms with Gasteiger partial charge in [0.1, 0.15) is 11.5 Å². The lowest BCUT2D eigenvalue weighted by Gasteiger charge is -2.34. The predicted octanol–water partition coefficient (Wildman–Crippen LogP) is 10.4. The molecule has 0 radical (unpaired) electrons. The van der Waals surface area contributed by atoms with Crippen molar-refractivity contribution in [3.05, 3.63) is 249 Å². The Hall–Kier alpha value is -10.3. The predicted molar refractivity (Wildman–Crippen MR) is 265 cm³/mol. The van der Waals surface area contributed by atoms with Gasteiger partial charge in [0, 0.05) is 22.5 Å². The van der Waals surface area contributed by atoms with Gasteiger partial charge in [-0.1, -0.05) is 96.8 Å². The van der Waals surface area contributed by atoms with Crippen LogP contribution in [0.3, 0.4) is 0 Å². The molecule has 1 aliphatic rings. The first-order chi connectivity index (χ1) is 34.4. The molecular weight excluding hydrogens is 897 g/mol. The van der Waals surface area contributed by atoms with Crippen LogP contribution in [0.15, 0.2) is 182 Å². The van der Waals surface area contributed by atoms with Crippen molar-refractivity contribution in [1.29, 1.82) is 0 Å². The molecule has 0 heterocycles. The number of fused-ring (bicyclic) bond motifs is 3. The molecule has 9 rings (SSSR count). The smallest absolute Gasteiger partial charge is 0.343 e. The number of carbonyl (C=O) groups excluding carboxylic acids is 4. The second-order valence-electron chi connectivity index (χ2n) is 16.2. The van der Waals surface area contributed by atoms with E-state index in [2.05, 4.69) is 22.5 Å². The third-order valence-electron chi connectivity index (χ3n) is 12.0. The van der Waals surface area contributed by atoms with E-state index in [1.807, 2.05) is 72.8 Å². The third-order valence-corrected chi connectivity index (χ3v) is 12.0. The van der Waals surface area contributed by atoms with Gasteiger partial charge in [-0.05, 0) is 130 Å². The van der Waals surface area contributed by atoms with E-state index in [0.29, 0.717) is 22.5 Å². The lowest BCUT2D eigenvalue weighted by molar-refractivity contribution is 0.0683. The third kappa shape index (κ3) is 8.87. The number of rotatable bonds is 12. The molecular formula is C59H36N2O10. The topological polar surface area (TPSA) is 185 Å². The zero-order chi connectivity index (χ0) is 49.8. The number of carboxylic acids is 2. The van der Waals surface area contributed by atoms with E-state index in [1.54, 1.807) is 72.8 Å². The van der Waals surface area contributed by atoms with Crippen molar-refractivity contribution >= 4 is 47.1 Å². The van der Waals surface area contributed by atoms with Crippen molar-refractivity contribution in [3.63, 3.8) is 0 Å². The van der Waals surface area contributed by atoms with Gasteiger partial charge in [-0.3, -0.25) is 9.59 Å². The molecule has 71 heavy (non-hydrogen) atoms. The molecule has 12 nitrogen and oxygen atoms in total. The number of esters is 2. The number of carbonyl (C=O) groups is 6. The molecule has 0 fully saturated rings. The normalized spacial score (nSPS) is 11.6. The average Bonchev–Trinajstić information content (AvgIpc) is 3.69. The zero-order valence-electron chi connectivity index (χ0n) is 37.1. The van der Waals surface area contributed by atoms with E-state index >= 15 is 0 Å². The maximum Gasteiger partial charge on any atom is 0.343 e. The SMILES string of the molecule is C#Cc1cccc(NC(=O)c2cc(C(=O)Oc3ccc(C4(c5ccc(OC(=O)c6ccc(C(=O)O)c(C(=O)Nc7cccc(C#C)c7)c6)cc5)c5ccccc5-c5ccccc54)cc3)ccc2C(=O)O)c1. The van der Waals surface area contributed by atoms with E-state index in [4.69, 9.17) is 22.3 Å². The van der Waals surface area contributed by atoms with E-state index in [9.17, 15) is 39.0 Å². The van der Waals surface area contributed by atoms with Crippen molar-refractivity contribution in [3.8, 4) is 47.3 Å². The molecule has 12 heteroatoms. The largest absolute Gasteiger partial charge is 0.478 e. The summed E-state index contributed by atoms with van der Waals surface area (Å²) in [5.41, 5.74) is 4.96. The van der Waals surface area contributed by atoms with Gasteiger partial charge >= 0.3 is 23.9 Å². The van der Waals surface area contributed by atoms with Crippen LogP contribution in [-0.4, -0.2) is 45.9 Å². The van der Waals surface area contributed by atoms with E-state index in [0.717, 1.165) is 45.5 Å². The molecule has 2 amide bonds. The average molecular weight is 933 g/mol. The highest BCUT2D eigenvalue weighted by Gasteiger charge is 2.46. The van der Waals surface area contributed by atoms with Crippen molar-refractivity contribution in [2.75, 3.05) is 10.6 Å². The summed E-state index contributed by atoms with van der Waals surface area (Å²) in [6.07, 6.45) is 11.0. The van der Waals surface area contributed by atoms with Gasteiger partial charge in [0.2, 0.25) is 0 Å². The Balaban J connectivity index is 0.998. The maximum atomic E-state index is 13.6. The van der Waals surface area contributed by atoms with Crippen LogP contribution < -0.4 is 20.1 Å². The Morgan fingerprint density at radius 1 is 0.437 bits per heavy atom. The zero-order valence-corrected chi connectivity index (χ0v) is 37.1. The van der Waals surface area contributed by atoms with Crippen molar-refractivity contribution in [2.24, 2.45) is 0 Å². The monoisotopic (exact) mass is 932 g/mol. The summed E-state index contributed by atoms with van der Waals surface area (Å²) in [5.74, 6) is -0.642. The summed E-state index contributed by atoms with van der Waals surface area (Å²) in [7, 11) is 0. The fourth-order valence-electron chi connectivity index (χ4n) is 8.76. The number of nitrogens with one attached hydrogen (secondary N) is 2. The number of terminal acetylenes is 2. The van der Waals surface area contributed by atoms with Crippen LogP contribution in [-0.2, 0) is 5.41 Å². The minimum atomic E-state index is -1.37. The lowest BCUT2D eigenvalue weighted by Crippen LogP contribution is -2.28. The summed E-state index contributed by atoms with van der Waals surface area (Å²) in [6, 6.07) is 50.0. The molecule has 0 aliphatic heterocycles. The Labute approximate surface area is 406 Å². The van der Waals surface area contributed by atoms with Gasteiger partial charge in [-0.25, -0.2) is 19.2 Å². The highest BCUT2D eigenvalue weighted by Crippen LogP contribution is 2.56.